The molecule has 0 bridgehead atoms. The van der Waals surface area contributed by atoms with Crippen molar-refractivity contribution in [3.8, 4) is 0 Å². The van der Waals surface area contributed by atoms with Gasteiger partial charge < -0.3 is 15.2 Å². The summed E-state index contributed by atoms with van der Waals surface area (Å²) in [7, 11) is 1.80. The summed E-state index contributed by atoms with van der Waals surface area (Å²) < 4.78 is 1.94. The monoisotopic (exact) mass is 282 g/mol. The predicted molar refractivity (Wildman–Crippen MR) is 80.1 cm³/mol. The van der Waals surface area contributed by atoms with Gasteiger partial charge in [0.1, 0.15) is 11.8 Å². The lowest BCUT2D eigenvalue weighted by atomic mass is 10.2. The van der Waals surface area contributed by atoms with E-state index in [4.69, 9.17) is 0 Å². The van der Waals surface area contributed by atoms with Crippen LogP contribution in [-0.2, 0) is 11.3 Å². The molecular weight excluding hydrogens is 268 g/mol. The van der Waals surface area contributed by atoms with Crippen LogP contribution >= 0.6 is 0 Å². The van der Waals surface area contributed by atoms with E-state index in [1.807, 2.05) is 28.8 Å². The van der Waals surface area contributed by atoms with Crippen molar-refractivity contribution in [2.45, 2.75) is 6.54 Å². The number of hydrogen-bond acceptors (Lipinski definition) is 5. The van der Waals surface area contributed by atoms with Gasteiger partial charge in [-0.25, -0.2) is 15.0 Å². The Kier molecular flexibility index (Phi) is 3.46. The molecule has 0 aliphatic rings. The summed E-state index contributed by atoms with van der Waals surface area (Å²) in [4.78, 5) is 23.3. The Morgan fingerprint density at radius 1 is 1.29 bits per heavy atom. The summed E-state index contributed by atoms with van der Waals surface area (Å²) in [5.41, 5.74) is 3.31. The van der Waals surface area contributed by atoms with Crippen molar-refractivity contribution in [1.29, 1.82) is 0 Å². The van der Waals surface area contributed by atoms with Crippen LogP contribution in [0.25, 0.3) is 11.2 Å². The van der Waals surface area contributed by atoms with Gasteiger partial charge in [0.15, 0.2) is 11.5 Å². The number of fused-ring (bicyclic) bond motifs is 1. The molecule has 0 atom stereocenters. The molecule has 3 rings (SSSR count). The van der Waals surface area contributed by atoms with Crippen LogP contribution in [0, 0.1) is 0 Å². The van der Waals surface area contributed by atoms with E-state index < -0.39 is 0 Å². The number of benzene rings is 1. The minimum atomic E-state index is 0.616. The third-order valence-electron chi connectivity index (χ3n) is 3.14. The predicted octanol–water partition coefficient (Wildman–Crippen LogP) is 1.48. The summed E-state index contributed by atoms with van der Waals surface area (Å²) in [5, 5.41) is 5.64. The zero-order chi connectivity index (χ0) is 14.7. The van der Waals surface area contributed by atoms with Crippen LogP contribution in [0.3, 0.4) is 0 Å². The molecule has 3 aromatic rings. The molecule has 0 radical (unpaired) electrons. The first kappa shape index (κ1) is 13.0. The molecular formula is C14H14N6O. The number of nitrogens with zero attached hydrogens (tertiary/aromatic N) is 4. The molecule has 106 valence electrons. The van der Waals surface area contributed by atoms with Crippen molar-refractivity contribution in [3.05, 3.63) is 42.5 Å². The van der Waals surface area contributed by atoms with Crippen molar-refractivity contribution < 1.29 is 4.79 Å². The van der Waals surface area contributed by atoms with Crippen molar-refractivity contribution in [2.24, 2.45) is 0 Å². The Bertz CT molecular complexity index is 782. The van der Waals surface area contributed by atoms with Crippen LogP contribution in [-0.4, -0.2) is 33.0 Å². The smallest absolute Gasteiger partial charge is 0.211 e. The summed E-state index contributed by atoms with van der Waals surface area (Å²) in [5.74, 6) is 0.704. The molecule has 7 nitrogen and oxygen atoms in total. The van der Waals surface area contributed by atoms with Gasteiger partial charge in [-0.15, -0.1) is 0 Å². The molecule has 2 aromatic heterocycles. The number of nitrogens with one attached hydrogen (secondary N) is 2. The first-order chi connectivity index (χ1) is 10.3. The van der Waals surface area contributed by atoms with Crippen LogP contribution in [0.4, 0.5) is 11.5 Å². The molecule has 2 N–H and O–H groups in total. The number of carbonyl (C=O) groups is 1. The third-order valence-corrected chi connectivity index (χ3v) is 3.14. The Hall–Kier alpha value is -2.96. The quantitative estimate of drug-likeness (QED) is 0.692. The van der Waals surface area contributed by atoms with Gasteiger partial charge in [0.2, 0.25) is 6.41 Å². The number of amides is 1. The second-order valence-electron chi connectivity index (χ2n) is 4.48. The lowest BCUT2D eigenvalue weighted by molar-refractivity contribution is -0.105. The molecule has 0 unspecified atom stereocenters. The molecule has 2 heterocycles. The zero-order valence-electron chi connectivity index (χ0n) is 11.4. The van der Waals surface area contributed by atoms with E-state index in [1.54, 1.807) is 13.4 Å². The lowest BCUT2D eigenvalue weighted by Crippen LogP contribution is -2.02. The first-order valence-electron chi connectivity index (χ1n) is 6.44. The van der Waals surface area contributed by atoms with Crippen LogP contribution in [0.1, 0.15) is 5.56 Å². The van der Waals surface area contributed by atoms with Crippen LogP contribution < -0.4 is 10.6 Å². The van der Waals surface area contributed by atoms with Gasteiger partial charge in [0, 0.05) is 12.7 Å². The highest BCUT2D eigenvalue weighted by Gasteiger charge is 2.09. The van der Waals surface area contributed by atoms with Crippen molar-refractivity contribution >= 4 is 29.1 Å². The molecule has 0 saturated heterocycles. The molecule has 0 aliphatic carbocycles. The third kappa shape index (κ3) is 2.53. The average Bonchev–Trinajstić information content (AvgIpc) is 2.91. The number of anilines is 2. The fraction of sp³-hybridized carbons (Fsp3) is 0.143. The van der Waals surface area contributed by atoms with Gasteiger partial charge in [0.05, 0.1) is 12.9 Å². The number of imidazole rings is 1. The molecule has 0 fully saturated rings. The Morgan fingerprint density at radius 2 is 2.19 bits per heavy atom. The van der Waals surface area contributed by atoms with Gasteiger partial charge in [-0.1, -0.05) is 12.1 Å². The minimum Gasteiger partial charge on any atom is -0.371 e. The second-order valence-corrected chi connectivity index (χ2v) is 4.48. The summed E-state index contributed by atoms with van der Waals surface area (Å²) in [6, 6.07) is 7.64. The van der Waals surface area contributed by atoms with Crippen molar-refractivity contribution in [3.63, 3.8) is 0 Å². The van der Waals surface area contributed by atoms with Gasteiger partial charge in [-0.05, 0) is 17.7 Å². The summed E-state index contributed by atoms with van der Waals surface area (Å²) in [6.07, 6.45) is 3.91. The number of aromatic nitrogens is 4. The minimum absolute atomic E-state index is 0.616. The van der Waals surface area contributed by atoms with Crippen LogP contribution in [0.15, 0.2) is 36.9 Å². The number of carbonyl (C=O) groups excluding carboxylic acids is 1. The van der Waals surface area contributed by atoms with Gasteiger partial charge in [-0.3, -0.25) is 4.79 Å². The highest BCUT2D eigenvalue weighted by Crippen LogP contribution is 2.18. The van der Waals surface area contributed by atoms with Gasteiger partial charge >= 0.3 is 0 Å². The molecule has 0 spiro atoms. The normalized spacial score (nSPS) is 10.5. The van der Waals surface area contributed by atoms with E-state index in [1.165, 1.54) is 6.33 Å². The molecule has 1 amide bonds. The van der Waals surface area contributed by atoms with E-state index >= 15 is 0 Å². The fourth-order valence-electron chi connectivity index (χ4n) is 2.20. The van der Waals surface area contributed by atoms with Gasteiger partial charge in [-0.2, -0.15) is 0 Å². The maximum Gasteiger partial charge on any atom is 0.211 e. The lowest BCUT2D eigenvalue weighted by Gasteiger charge is -2.06. The van der Waals surface area contributed by atoms with Crippen molar-refractivity contribution in [1.82, 2.24) is 19.5 Å². The zero-order valence-corrected chi connectivity index (χ0v) is 11.4. The number of hydrogen-bond donors (Lipinski definition) is 2. The maximum atomic E-state index is 10.5. The largest absolute Gasteiger partial charge is 0.371 e. The fourth-order valence-corrected chi connectivity index (χ4v) is 2.20. The highest BCUT2D eigenvalue weighted by atomic mass is 16.1. The SMILES string of the molecule is CNc1ncnc2c1ncn2Cc1cccc(NC=O)c1. The molecule has 1 aromatic carbocycles. The average molecular weight is 282 g/mol. The van der Waals surface area contributed by atoms with E-state index in [2.05, 4.69) is 25.6 Å². The van der Waals surface area contributed by atoms with Gasteiger partial charge in [0.25, 0.3) is 0 Å². The van der Waals surface area contributed by atoms with Crippen molar-refractivity contribution in [2.75, 3.05) is 17.7 Å². The summed E-state index contributed by atoms with van der Waals surface area (Å²) in [6.45, 7) is 0.616. The van der Waals surface area contributed by atoms with Crippen LogP contribution in [0.2, 0.25) is 0 Å². The Morgan fingerprint density at radius 3 is 3.00 bits per heavy atom. The topological polar surface area (TPSA) is 84.7 Å². The van der Waals surface area contributed by atoms with Crippen LogP contribution in [0.5, 0.6) is 0 Å². The molecule has 0 saturated carbocycles. The van der Waals surface area contributed by atoms with E-state index in [-0.39, 0.29) is 0 Å². The Balaban J connectivity index is 1.95. The molecule has 21 heavy (non-hydrogen) atoms. The van der Waals surface area contributed by atoms with E-state index in [0.29, 0.717) is 18.8 Å². The van der Waals surface area contributed by atoms with E-state index in [0.717, 1.165) is 22.4 Å². The molecule has 7 heteroatoms. The Labute approximate surface area is 121 Å². The number of rotatable bonds is 5. The first-order valence-corrected chi connectivity index (χ1v) is 6.44. The standard InChI is InChI=1S/C14H14N6O/c1-15-13-12-14(17-7-16-13)20(8-18-12)6-10-3-2-4-11(5-10)19-9-21/h2-5,7-9H,6H2,1H3,(H,19,21)(H,15,16,17). The maximum absolute atomic E-state index is 10.5. The van der Waals surface area contributed by atoms with E-state index in [9.17, 15) is 4.79 Å². The second kappa shape index (κ2) is 5.58. The summed E-state index contributed by atoms with van der Waals surface area (Å²) >= 11 is 0. The highest BCUT2D eigenvalue weighted by molar-refractivity contribution is 5.82. The molecule has 0 aliphatic heterocycles.